The molecule has 2 atom stereocenters. The Morgan fingerprint density at radius 3 is 2.15 bits per heavy atom. The molecule has 0 aliphatic rings. The van der Waals surface area contributed by atoms with Crippen molar-refractivity contribution >= 4 is 27.5 Å². The molecular formula is C31H39N3O4S. The zero-order valence-electron chi connectivity index (χ0n) is 23.6. The van der Waals surface area contributed by atoms with Crippen molar-refractivity contribution in [2.75, 3.05) is 10.8 Å². The van der Waals surface area contributed by atoms with Crippen molar-refractivity contribution in [3.63, 3.8) is 0 Å². The Kier molecular flexibility index (Phi) is 9.92. The molecule has 1 N–H and O–H groups in total. The Morgan fingerprint density at radius 1 is 0.872 bits per heavy atom. The molecule has 0 aliphatic heterocycles. The van der Waals surface area contributed by atoms with E-state index in [-0.39, 0.29) is 23.4 Å². The van der Waals surface area contributed by atoms with Gasteiger partial charge in [-0.3, -0.25) is 13.9 Å². The zero-order chi connectivity index (χ0) is 28.7. The van der Waals surface area contributed by atoms with Gasteiger partial charge in [-0.15, -0.1) is 0 Å². The van der Waals surface area contributed by atoms with Gasteiger partial charge in [-0.2, -0.15) is 0 Å². The van der Waals surface area contributed by atoms with Gasteiger partial charge in [0.05, 0.1) is 10.6 Å². The number of rotatable bonds is 11. The van der Waals surface area contributed by atoms with E-state index >= 15 is 0 Å². The number of benzene rings is 3. The fraction of sp³-hybridized carbons (Fsp3) is 0.355. The second-order valence-electron chi connectivity index (χ2n) is 10.1. The molecular weight excluding hydrogens is 510 g/mol. The van der Waals surface area contributed by atoms with E-state index in [4.69, 9.17) is 0 Å². The third-order valence-electron chi connectivity index (χ3n) is 6.88. The van der Waals surface area contributed by atoms with Crippen molar-refractivity contribution in [1.82, 2.24) is 10.2 Å². The standard InChI is InChI=1S/C31H39N3O4S/c1-7-25(5)32-31(36)26(6)33(20-27-13-10-11-23(3)19-27)30(35)21-34(29-14-9-8-12-24(29)4)39(37,38)28-17-15-22(2)16-18-28/h8-19,25-26H,7,20-21H2,1-6H3,(H,32,36)/t25-,26+/m0/s1. The second-order valence-corrected chi connectivity index (χ2v) is 12.0. The van der Waals surface area contributed by atoms with Crippen LogP contribution in [0.15, 0.2) is 77.7 Å². The number of nitrogens with one attached hydrogen (secondary N) is 1. The van der Waals surface area contributed by atoms with Gasteiger partial charge in [0.1, 0.15) is 12.6 Å². The summed E-state index contributed by atoms with van der Waals surface area (Å²) in [5.74, 6) is -0.753. The van der Waals surface area contributed by atoms with E-state index in [9.17, 15) is 18.0 Å². The topological polar surface area (TPSA) is 86.8 Å². The highest BCUT2D eigenvalue weighted by atomic mass is 32.2. The number of anilines is 1. The van der Waals surface area contributed by atoms with E-state index in [1.165, 1.54) is 4.90 Å². The monoisotopic (exact) mass is 549 g/mol. The maximum Gasteiger partial charge on any atom is 0.264 e. The number of hydrogen-bond donors (Lipinski definition) is 1. The molecule has 2 amide bonds. The first kappa shape index (κ1) is 29.9. The van der Waals surface area contributed by atoms with Crippen molar-refractivity contribution < 1.29 is 18.0 Å². The van der Waals surface area contributed by atoms with E-state index in [1.807, 2.05) is 71.0 Å². The quantitative estimate of drug-likeness (QED) is 0.359. The van der Waals surface area contributed by atoms with Crippen LogP contribution in [-0.4, -0.2) is 43.8 Å². The van der Waals surface area contributed by atoms with Gasteiger partial charge in [-0.05, 0) is 70.4 Å². The molecule has 0 unspecified atom stereocenters. The fourth-order valence-corrected chi connectivity index (χ4v) is 5.73. The molecule has 39 heavy (non-hydrogen) atoms. The average Bonchev–Trinajstić information content (AvgIpc) is 2.90. The maximum atomic E-state index is 14.0. The SMILES string of the molecule is CC[C@H](C)NC(=O)[C@@H](C)N(Cc1cccc(C)c1)C(=O)CN(c1ccccc1C)S(=O)(=O)c1ccc(C)cc1. The largest absolute Gasteiger partial charge is 0.352 e. The van der Waals surface area contributed by atoms with Gasteiger partial charge >= 0.3 is 0 Å². The molecule has 0 saturated carbocycles. The van der Waals surface area contributed by atoms with Gasteiger partial charge < -0.3 is 10.2 Å². The summed E-state index contributed by atoms with van der Waals surface area (Å²) in [6.45, 7) is 10.9. The third-order valence-corrected chi connectivity index (χ3v) is 8.65. The van der Waals surface area contributed by atoms with E-state index < -0.39 is 28.5 Å². The highest BCUT2D eigenvalue weighted by Crippen LogP contribution is 2.27. The summed E-state index contributed by atoms with van der Waals surface area (Å²) in [5, 5.41) is 2.95. The van der Waals surface area contributed by atoms with Crippen molar-refractivity contribution in [2.45, 2.75) is 71.5 Å². The molecule has 8 heteroatoms. The molecule has 0 saturated heterocycles. The molecule has 0 fully saturated rings. The molecule has 0 aliphatic carbocycles. The van der Waals surface area contributed by atoms with E-state index in [1.54, 1.807) is 43.3 Å². The predicted molar refractivity (Wildman–Crippen MR) is 156 cm³/mol. The molecule has 3 rings (SSSR count). The molecule has 0 spiro atoms. The van der Waals surface area contributed by atoms with Gasteiger partial charge in [0.25, 0.3) is 10.0 Å². The predicted octanol–water partition coefficient (Wildman–Crippen LogP) is 5.14. The summed E-state index contributed by atoms with van der Waals surface area (Å²) >= 11 is 0. The van der Waals surface area contributed by atoms with E-state index in [0.29, 0.717) is 11.3 Å². The molecule has 7 nitrogen and oxygen atoms in total. The molecule has 3 aromatic rings. The number of hydrogen-bond acceptors (Lipinski definition) is 4. The minimum atomic E-state index is -4.09. The molecule has 3 aromatic carbocycles. The minimum Gasteiger partial charge on any atom is -0.352 e. The van der Waals surface area contributed by atoms with Crippen molar-refractivity contribution in [3.05, 3.63) is 95.1 Å². The minimum absolute atomic E-state index is 0.0544. The van der Waals surface area contributed by atoms with Crippen LogP contribution in [-0.2, 0) is 26.2 Å². The Hall–Kier alpha value is -3.65. The van der Waals surface area contributed by atoms with Gasteiger partial charge in [0, 0.05) is 12.6 Å². The van der Waals surface area contributed by atoms with E-state index in [0.717, 1.165) is 27.4 Å². The van der Waals surface area contributed by atoms with Crippen LogP contribution in [0, 0.1) is 20.8 Å². The lowest BCUT2D eigenvalue weighted by atomic mass is 10.1. The van der Waals surface area contributed by atoms with Gasteiger partial charge in [0.2, 0.25) is 11.8 Å². The van der Waals surface area contributed by atoms with Crippen LogP contribution < -0.4 is 9.62 Å². The van der Waals surface area contributed by atoms with Crippen LogP contribution in [0.2, 0.25) is 0 Å². The van der Waals surface area contributed by atoms with Gasteiger partial charge in [-0.1, -0.05) is 72.6 Å². The highest BCUT2D eigenvalue weighted by Gasteiger charge is 2.33. The number of nitrogens with zero attached hydrogens (tertiary/aromatic N) is 2. The Labute approximate surface area is 232 Å². The van der Waals surface area contributed by atoms with Crippen LogP contribution >= 0.6 is 0 Å². The molecule has 0 bridgehead atoms. The molecule has 0 aromatic heterocycles. The first-order chi connectivity index (χ1) is 18.4. The van der Waals surface area contributed by atoms with E-state index in [2.05, 4.69) is 5.32 Å². The smallest absolute Gasteiger partial charge is 0.264 e. The maximum absolute atomic E-state index is 14.0. The Balaban J connectivity index is 2.04. The summed E-state index contributed by atoms with van der Waals surface area (Å²) in [7, 11) is -4.09. The molecule has 0 heterocycles. The lowest BCUT2D eigenvalue weighted by Gasteiger charge is -2.33. The fourth-order valence-electron chi connectivity index (χ4n) is 4.25. The summed E-state index contributed by atoms with van der Waals surface area (Å²) < 4.78 is 29.0. The van der Waals surface area contributed by atoms with Crippen molar-refractivity contribution in [1.29, 1.82) is 0 Å². The van der Waals surface area contributed by atoms with Crippen LogP contribution in [0.5, 0.6) is 0 Å². The second kappa shape index (κ2) is 12.9. The lowest BCUT2D eigenvalue weighted by molar-refractivity contribution is -0.139. The highest BCUT2D eigenvalue weighted by molar-refractivity contribution is 7.92. The Morgan fingerprint density at radius 2 is 1.54 bits per heavy atom. The summed E-state index contributed by atoms with van der Waals surface area (Å²) in [6, 6.07) is 20.5. The first-order valence-electron chi connectivity index (χ1n) is 13.2. The number of amides is 2. The zero-order valence-corrected chi connectivity index (χ0v) is 24.5. The average molecular weight is 550 g/mol. The summed E-state index contributed by atoms with van der Waals surface area (Å²) in [4.78, 5) is 28.7. The van der Waals surface area contributed by atoms with Crippen LogP contribution in [0.3, 0.4) is 0 Å². The Bertz CT molecular complexity index is 1400. The number of sulfonamides is 1. The number of aryl methyl sites for hydroxylation is 3. The van der Waals surface area contributed by atoms with Gasteiger partial charge in [-0.25, -0.2) is 8.42 Å². The normalized spacial score (nSPS) is 12.9. The van der Waals surface area contributed by atoms with Crippen LogP contribution in [0.4, 0.5) is 5.69 Å². The van der Waals surface area contributed by atoms with Crippen molar-refractivity contribution in [2.24, 2.45) is 0 Å². The summed E-state index contributed by atoms with van der Waals surface area (Å²) in [5.41, 5.74) is 3.95. The van der Waals surface area contributed by atoms with Crippen molar-refractivity contribution in [3.8, 4) is 0 Å². The molecule has 208 valence electrons. The van der Waals surface area contributed by atoms with Crippen LogP contribution in [0.1, 0.15) is 49.4 Å². The molecule has 0 radical (unpaired) electrons. The summed E-state index contributed by atoms with van der Waals surface area (Å²) in [6.07, 6.45) is 0.750. The number of carbonyl (C=O) groups excluding carboxylic acids is 2. The first-order valence-corrected chi connectivity index (χ1v) is 14.7. The van der Waals surface area contributed by atoms with Gasteiger partial charge in [0.15, 0.2) is 0 Å². The number of para-hydroxylation sites is 1. The number of carbonyl (C=O) groups is 2. The van der Waals surface area contributed by atoms with Crippen LogP contribution in [0.25, 0.3) is 0 Å². The third kappa shape index (κ3) is 7.47. The lowest BCUT2D eigenvalue weighted by Crippen LogP contribution is -2.52.